The number of hydrogen-bond acceptors (Lipinski definition) is 3. The van der Waals surface area contributed by atoms with Crippen LogP contribution in [0.1, 0.15) is 45.1 Å². The monoisotopic (exact) mass is 363 g/mol. The predicted octanol–water partition coefficient (Wildman–Crippen LogP) is 4.13. The molecule has 0 saturated heterocycles. The number of unbranched alkanes of at least 4 members (excludes halogenated alkanes) is 2. The van der Waals surface area contributed by atoms with Gasteiger partial charge in [-0.3, -0.25) is 0 Å². The highest BCUT2D eigenvalue weighted by Gasteiger charge is 2.17. The predicted molar refractivity (Wildman–Crippen MR) is 95.6 cm³/mol. The van der Waals surface area contributed by atoms with Crippen LogP contribution < -0.4 is 0 Å². The number of halogens is 1. The first-order valence-corrected chi connectivity index (χ1v) is 10.0. The van der Waals surface area contributed by atoms with Crippen LogP contribution >= 0.6 is 11.6 Å². The first kappa shape index (κ1) is 22.4. The average Bonchev–Trinajstić information content (AvgIpc) is 2.51. The highest BCUT2D eigenvalue weighted by molar-refractivity contribution is 7.85. The summed E-state index contributed by atoms with van der Waals surface area (Å²) in [5.41, 5.74) is 0.928. The molecule has 0 aliphatic heterocycles. The minimum atomic E-state index is -4.27. The summed E-state index contributed by atoms with van der Waals surface area (Å²) in [6.45, 7) is 8.76. The third-order valence-corrected chi connectivity index (χ3v) is 5.13. The van der Waals surface area contributed by atoms with Crippen molar-refractivity contribution in [2.45, 2.75) is 51.3 Å². The van der Waals surface area contributed by atoms with Gasteiger partial charge in [-0.05, 0) is 31.9 Å². The van der Waals surface area contributed by atoms with Gasteiger partial charge in [0.2, 0.25) is 0 Å². The molecule has 6 heteroatoms. The van der Waals surface area contributed by atoms with Crippen LogP contribution in [0.2, 0.25) is 0 Å². The van der Waals surface area contributed by atoms with Crippen LogP contribution in [-0.4, -0.2) is 43.6 Å². The lowest BCUT2D eigenvalue weighted by Crippen LogP contribution is -2.44. The molecule has 0 atom stereocenters. The highest BCUT2D eigenvalue weighted by Crippen LogP contribution is 2.10. The summed E-state index contributed by atoms with van der Waals surface area (Å²) in [7, 11) is -2.01. The topological polar surface area (TPSA) is 57.2 Å². The van der Waals surface area contributed by atoms with Gasteiger partial charge in [0.05, 0.1) is 25.0 Å². The van der Waals surface area contributed by atoms with Crippen LogP contribution in [0, 0.1) is 6.92 Å². The SMILES string of the molecule is CCCC[N+](C)(CCl)CCCC.Cc1ccc(S(=O)(=O)[O-])cc1. The fourth-order valence-electron chi connectivity index (χ4n) is 2.02. The van der Waals surface area contributed by atoms with Crippen molar-refractivity contribution in [1.82, 2.24) is 0 Å². The van der Waals surface area contributed by atoms with Gasteiger partial charge in [0.15, 0.2) is 6.00 Å². The number of nitrogens with zero attached hydrogens (tertiary/aromatic N) is 1. The molecule has 0 fully saturated rings. The van der Waals surface area contributed by atoms with Crippen LogP contribution in [0.3, 0.4) is 0 Å². The van der Waals surface area contributed by atoms with Crippen molar-refractivity contribution in [2.75, 3.05) is 26.1 Å². The minimum Gasteiger partial charge on any atom is -0.744 e. The number of hydrogen-bond donors (Lipinski definition) is 0. The van der Waals surface area contributed by atoms with E-state index in [-0.39, 0.29) is 4.90 Å². The summed E-state index contributed by atoms with van der Waals surface area (Å²) in [4.78, 5) is -0.178. The number of benzene rings is 1. The molecular weight excluding hydrogens is 334 g/mol. The molecule has 1 aromatic carbocycles. The normalized spacial score (nSPS) is 11.7. The molecule has 0 N–H and O–H groups in total. The van der Waals surface area contributed by atoms with Crippen LogP contribution in [0.4, 0.5) is 0 Å². The molecule has 23 heavy (non-hydrogen) atoms. The molecule has 1 aromatic rings. The Morgan fingerprint density at radius 2 is 1.48 bits per heavy atom. The zero-order valence-corrected chi connectivity index (χ0v) is 16.3. The van der Waals surface area contributed by atoms with Gasteiger partial charge in [-0.1, -0.05) is 56.0 Å². The number of aryl methyl sites for hydroxylation is 1. The zero-order valence-electron chi connectivity index (χ0n) is 14.7. The molecule has 0 aliphatic rings. The number of alkyl halides is 1. The van der Waals surface area contributed by atoms with Gasteiger partial charge < -0.3 is 9.04 Å². The van der Waals surface area contributed by atoms with Crippen LogP contribution in [-0.2, 0) is 10.1 Å². The van der Waals surface area contributed by atoms with Gasteiger partial charge in [-0.15, -0.1) is 0 Å². The Morgan fingerprint density at radius 1 is 1.04 bits per heavy atom. The van der Waals surface area contributed by atoms with Gasteiger partial charge in [0.1, 0.15) is 10.1 Å². The highest BCUT2D eigenvalue weighted by atomic mass is 35.5. The summed E-state index contributed by atoms with van der Waals surface area (Å²) < 4.78 is 32.2. The second-order valence-corrected chi connectivity index (χ2v) is 7.78. The minimum absolute atomic E-state index is 0.178. The zero-order chi connectivity index (χ0) is 17.9. The molecule has 1 rings (SSSR count). The average molecular weight is 364 g/mol. The summed E-state index contributed by atoms with van der Waals surface area (Å²) in [6, 6.07) is 6.55. The summed E-state index contributed by atoms with van der Waals surface area (Å²) in [5.74, 6) is 0. The Hall–Kier alpha value is -0.620. The maximum absolute atomic E-state index is 10.4. The lowest BCUT2D eigenvalue weighted by atomic mass is 10.2. The molecule has 0 heterocycles. The molecular formula is C17H30ClNO3S. The molecule has 0 amide bonds. The standard InChI is InChI=1S/C10H23ClN.C7H8O3S/c1-4-6-8-12(3,10-11)9-7-5-2;1-6-2-4-7(5-3-6)11(8,9)10/h4-10H2,1-3H3;2-5H,1H3,(H,8,9,10)/q+1;/p-1. The maximum atomic E-state index is 10.4. The lowest BCUT2D eigenvalue weighted by molar-refractivity contribution is -0.899. The fourth-order valence-corrected chi connectivity index (χ4v) is 2.72. The molecule has 134 valence electrons. The third-order valence-electron chi connectivity index (χ3n) is 3.70. The first-order valence-electron chi connectivity index (χ1n) is 8.10. The second-order valence-electron chi connectivity index (χ2n) is 6.16. The molecule has 0 aromatic heterocycles. The van der Waals surface area contributed by atoms with Crippen molar-refractivity contribution in [3.8, 4) is 0 Å². The van der Waals surface area contributed by atoms with Crippen LogP contribution in [0.25, 0.3) is 0 Å². The van der Waals surface area contributed by atoms with E-state index in [9.17, 15) is 13.0 Å². The third kappa shape index (κ3) is 9.97. The van der Waals surface area contributed by atoms with Gasteiger partial charge in [-0.2, -0.15) is 0 Å². The first-order chi connectivity index (χ1) is 10.7. The number of rotatable bonds is 8. The Labute approximate surface area is 146 Å². The van der Waals surface area contributed by atoms with Gasteiger partial charge in [0.25, 0.3) is 0 Å². The second kappa shape index (κ2) is 11.0. The van der Waals surface area contributed by atoms with Gasteiger partial charge in [0, 0.05) is 0 Å². The molecule has 0 spiro atoms. The quantitative estimate of drug-likeness (QED) is 0.302. The van der Waals surface area contributed by atoms with E-state index in [2.05, 4.69) is 20.9 Å². The van der Waals surface area contributed by atoms with Crippen molar-refractivity contribution < 1.29 is 17.5 Å². The summed E-state index contributed by atoms with van der Waals surface area (Å²) in [5, 5.41) is 0. The summed E-state index contributed by atoms with van der Waals surface area (Å²) >= 11 is 5.95. The Kier molecular flexibility index (Phi) is 10.7. The molecule has 0 saturated carbocycles. The van der Waals surface area contributed by atoms with E-state index in [4.69, 9.17) is 11.6 Å². The van der Waals surface area contributed by atoms with Gasteiger partial charge in [-0.25, -0.2) is 8.42 Å². The van der Waals surface area contributed by atoms with E-state index in [1.54, 1.807) is 12.1 Å². The number of quaternary nitrogens is 1. The fraction of sp³-hybridized carbons (Fsp3) is 0.647. The van der Waals surface area contributed by atoms with E-state index in [1.165, 1.54) is 50.9 Å². The van der Waals surface area contributed by atoms with E-state index in [0.717, 1.165) is 16.1 Å². The largest absolute Gasteiger partial charge is 0.744 e. The smallest absolute Gasteiger partial charge is 0.154 e. The Bertz CT molecular complexity index is 521. The molecule has 0 bridgehead atoms. The van der Waals surface area contributed by atoms with Crippen LogP contribution in [0.5, 0.6) is 0 Å². The van der Waals surface area contributed by atoms with Crippen LogP contribution in [0.15, 0.2) is 29.2 Å². The molecule has 0 aliphatic carbocycles. The maximum Gasteiger partial charge on any atom is 0.154 e. The Morgan fingerprint density at radius 3 is 1.78 bits per heavy atom. The van der Waals surface area contributed by atoms with Gasteiger partial charge >= 0.3 is 0 Å². The molecule has 4 nitrogen and oxygen atoms in total. The van der Waals surface area contributed by atoms with E-state index >= 15 is 0 Å². The van der Waals surface area contributed by atoms with Crippen molar-refractivity contribution in [1.29, 1.82) is 0 Å². The summed E-state index contributed by atoms with van der Waals surface area (Å²) in [6.07, 6.45) is 5.15. The molecule has 0 unspecified atom stereocenters. The van der Waals surface area contributed by atoms with E-state index in [1.807, 2.05) is 6.92 Å². The van der Waals surface area contributed by atoms with Crippen molar-refractivity contribution >= 4 is 21.7 Å². The van der Waals surface area contributed by atoms with Crippen molar-refractivity contribution in [3.05, 3.63) is 29.8 Å². The lowest BCUT2D eigenvalue weighted by Gasteiger charge is -2.32. The van der Waals surface area contributed by atoms with E-state index in [0.29, 0.717) is 0 Å². The van der Waals surface area contributed by atoms with E-state index < -0.39 is 10.1 Å². The Balaban J connectivity index is 0.000000422. The molecule has 0 radical (unpaired) electrons. The van der Waals surface area contributed by atoms with Crippen molar-refractivity contribution in [3.63, 3.8) is 0 Å². The van der Waals surface area contributed by atoms with Crippen molar-refractivity contribution in [2.24, 2.45) is 0 Å².